The second-order valence-corrected chi connectivity index (χ2v) is 6.91. The fraction of sp³-hybridized carbons (Fsp3) is 0.211. The van der Waals surface area contributed by atoms with E-state index in [1.807, 2.05) is 0 Å². The number of hydrogen-bond acceptors (Lipinski definition) is 6. The molecule has 1 N–H and O–H groups in total. The SMILES string of the molecule is Cc1sc(-c2ccco2)nc1C(=O)OCC(=O)NCCc1ccc(F)cc1. The van der Waals surface area contributed by atoms with Crippen molar-refractivity contribution in [2.45, 2.75) is 13.3 Å². The second kappa shape index (κ2) is 8.59. The Bertz CT molecular complexity index is 920. The van der Waals surface area contributed by atoms with E-state index in [1.54, 1.807) is 31.2 Å². The highest BCUT2D eigenvalue weighted by atomic mass is 32.1. The summed E-state index contributed by atoms with van der Waals surface area (Å²) in [5.74, 6) is -0.803. The van der Waals surface area contributed by atoms with Gasteiger partial charge in [0.05, 0.1) is 6.26 Å². The normalized spacial score (nSPS) is 10.6. The Hall–Kier alpha value is -3.00. The third-order valence-electron chi connectivity index (χ3n) is 3.71. The first kappa shape index (κ1) is 18.8. The summed E-state index contributed by atoms with van der Waals surface area (Å²) in [6, 6.07) is 9.53. The molecule has 0 saturated carbocycles. The van der Waals surface area contributed by atoms with Crippen LogP contribution in [-0.4, -0.2) is 30.0 Å². The number of carbonyl (C=O) groups is 2. The van der Waals surface area contributed by atoms with E-state index >= 15 is 0 Å². The van der Waals surface area contributed by atoms with Crippen molar-refractivity contribution in [2.75, 3.05) is 13.2 Å². The number of amides is 1. The predicted octanol–water partition coefficient (Wildman–Crippen LogP) is 3.37. The van der Waals surface area contributed by atoms with Gasteiger partial charge in [-0.05, 0) is 43.2 Å². The molecule has 8 heteroatoms. The van der Waals surface area contributed by atoms with E-state index in [-0.39, 0.29) is 11.5 Å². The van der Waals surface area contributed by atoms with Gasteiger partial charge in [0, 0.05) is 11.4 Å². The highest BCUT2D eigenvalue weighted by Gasteiger charge is 2.19. The summed E-state index contributed by atoms with van der Waals surface area (Å²) in [6.07, 6.45) is 2.08. The van der Waals surface area contributed by atoms with Gasteiger partial charge in [-0.15, -0.1) is 11.3 Å². The average Bonchev–Trinajstić information content (AvgIpc) is 3.31. The third-order valence-corrected chi connectivity index (χ3v) is 4.69. The number of rotatable bonds is 7. The molecule has 140 valence electrons. The molecule has 0 radical (unpaired) electrons. The van der Waals surface area contributed by atoms with Crippen molar-refractivity contribution in [1.29, 1.82) is 0 Å². The molecule has 1 amide bonds. The molecule has 2 aromatic heterocycles. The molecule has 3 rings (SSSR count). The lowest BCUT2D eigenvalue weighted by Gasteiger charge is -2.06. The summed E-state index contributed by atoms with van der Waals surface area (Å²) < 4.78 is 23.1. The Morgan fingerprint density at radius 1 is 1.26 bits per heavy atom. The van der Waals surface area contributed by atoms with Crippen LogP contribution in [0.4, 0.5) is 4.39 Å². The zero-order chi connectivity index (χ0) is 19.2. The third kappa shape index (κ3) is 5.01. The summed E-state index contributed by atoms with van der Waals surface area (Å²) in [5.41, 5.74) is 1.07. The van der Waals surface area contributed by atoms with Crippen LogP contribution in [0.3, 0.4) is 0 Å². The standard InChI is InChI=1S/C19H17FN2O4S/c1-12-17(22-18(27-12)15-3-2-10-25-15)19(24)26-11-16(23)21-9-8-13-4-6-14(20)7-5-13/h2-7,10H,8-9,11H2,1H3,(H,21,23). The second-order valence-electron chi connectivity index (χ2n) is 5.70. The largest absolute Gasteiger partial charge is 0.462 e. The molecule has 27 heavy (non-hydrogen) atoms. The number of ether oxygens (including phenoxy) is 1. The van der Waals surface area contributed by atoms with Gasteiger partial charge < -0.3 is 14.5 Å². The minimum atomic E-state index is -0.657. The molecule has 0 atom stereocenters. The van der Waals surface area contributed by atoms with Crippen molar-refractivity contribution in [3.05, 3.63) is 64.6 Å². The number of carbonyl (C=O) groups excluding carboxylic acids is 2. The minimum Gasteiger partial charge on any atom is -0.462 e. The van der Waals surface area contributed by atoms with Crippen molar-refractivity contribution in [3.63, 3.8) is 0 Å². The minimum absolute atomic E-state index is 0.172. The maximum absolute atomic E-state index is 12.8. The van der Waals surface area contributed by atoms with E-state index in [9.17, 15) is 14.0 Å². The van der Waals surface area contributed by atoms with Crippen LogP contribution in [0.15, 0.2) is 47.1 Å². The van der Waals surface area contributed by atoms with E-state index in [2.05, 4.69) is 10.3 Å². The number of aryl methyl sites for hydroxylation is 1. The molecule has 0 aliphatic carbocycles. The Labute approximate surface area is 159 Å². The van der Waals surface area contributed by atoms with Gasteiger partial charge in [0.2, 0.25) is 0 Å². The fourth-order valence-corrected chi connectivity index (χ4v) is 3.21. The summed E-state index contributed by atoms with van der Waals surface area (Å²) in [5, 5.41) is 3.23. The summed E-state index contributed by atoms with van der Waals surface area (Å²) in [7, 11) is 0. The summed E-state index contributed by atoms with van der Waals surface area (Å²) in [6.45, 7) is 1.72. The van der Waals surface area contributed by atoms with Crippen LogP contribution in [0.2, 0.25) is 0 Å². The van der Waals surface area contributed by atoms with Crippen molar-refractivity contribution in [2.24, 2.45) is 0 Å². The van der Waals surface area contributed by atoms with Gasteiger partial charge in [-0.25, -0.2) is 14.2 Å². The number of thiazole rings is 1. The van der Waals surface area contributed by atoms with Gasteiger partial charge in [-0.1, -0.05) is 12.1 Å². The van der Waals surface area contributed by atoms with Crippen LogP contribution >= 0.6 is 11.3 Å². The summed E-state index contributed by atoms with van der Waals surface area (Å²) in [4.78, 5) is 28.9. The predicted molar refractivity (Wildman–Crippen MR) is 97.9 cm³/mol. The van der Waals surface area contributed by atoms with Gasteiger partial charge >= 0.3 is 5.97 Å². The zero-order valence-electron chi connectivity index (χ0n) is 14.5. The Kier molecular flexibility index (Phi) is 5.97. The number of esters is 1. The highest BCUT2D eigenvalue weighted by Crippen LogP contribution is 2.28. The maximum Gasteiger partial charge on any atom is 0.358 e. The number of aromatic nitrogens is 1. The van der Waals surface area contributed by atoms with Gasteiger partial charge in [0.25, 0.3) is 5.91 Å². The quantitative estimate of drug-likeness (QED) is 0.628. The number of nitrogens with one attached hydrogen (secondary N) is 1. The van der Waals surface area contributed by atoms with Gasteiger partial charge in [-0.2, -0.15) is 0 Å². The van der Waals surface area contributed by atoms with Gasteiger partial charge in [-0.3, -0.25) is 4.79 Å². The molecule has 0 aliphatic rings. The lowest BCUT2D eigenvalue weighted by Crippen LogP contribution is -2.30. The molecule has 2 heterocycles. The zero-order valence-corrected chi connectivity index (χ0v) is 15.3. The van der Waals surface area contributed by atoms with E-state index in [4.69, 9.17) is 9.15 Å². The molecule has 0 saturated heterocycles. The smallest absolute Gasteiger partial charge is 0.358 e. The van der Waals surface area contributed by atoms with Crippen LogP contribution in [-0.2, 0) is 16.0 Å². The lowest BCUT2D eigenvalue weighted by molar-refractivity contribution is -0.124. The number of nitrogens with zero attached hydrogens (tertiary/aromatic N) is 1. The van der Waals surface area contributed by atoms with Crippen LogP contribution in [0.1, 0.15) is 20.9 Å². The first-order valence-corrected chi connectivity index (χ1v) is 9.04. The molecule has 0 bridgehead atoms. The van der Waals surface area contributed by atoms with Crippen molar-refractivity contribution in [1.82, 2.24) is 10.3 Å². The molecule has 3 aromatic rings. The molecule has 0 spiro atoms. The molecular formula is C19H17FN2O4S. The van der Waals surface area contributed by atoms with Crippen LogP contribution in [0.25, 0.3) is 10.8 Å². The highest BCUT2D eigenvalue weighted by molar-refractivity contribution is 7.15. The molecule has 0 fully saturated rings. The average molecular weight is 388 g/mol. The van der Waals surface area contributed by atoms with E-state index < -0.39 is 18.5 Å². The van der Waals surface area contributed by atoms with Gasteiger partial charge in [0.1, 0.15) is 5.82 Å². The fourth-order valence-electron chi connectivity index (χ4n) is 2.34. The number of furan rings is 1. The van der Waals surface area contributed by atoms with Crippen molar-refractivity contribution >= 4 is 23.2 Å². The molecule has 0 unspecified atom stereocenters. The lowest BCUT2D eigenvalue weighted by atomic mass is 10.1. The van der Waals surface area contributed by atoms with Crippen LogP contribution in [0, 0.1) is 12.7 Å². The van der Waals surface area contributed by atoms with Crippen LogP contribution < -0.4 is 5.32 Å². The number of halogens is 1. The maximum atomic E-state index is 12.8. The topological polar surface area (TPSA) is 81.4 Å². The van der Waals surface area contributed by atoms with Crippen LogP contribution in [0.5, 0.6) is 0 Å². The Morgan fingerprint density at radius 2 is 2.04 bits per heavy atom. The van der Waals surface area contributed by atoms with E-state index in [0.29, 0.717) is 28.6 Å². The number of hydrogen-bond donors (Lipinski definition) is 1. The van der Waals surface area contributed by atoms with E-state index in [0.717, 1.165) is 5.56 Å². The van der Waals surface area contributed by atoms with Gasteiger partial charge in [0.15, 0.2) is 23.1 Å². The Morgan fingerprint density at radius 3 is 2.74 bits per heavy atom. The molecule has 1 aromatic carbocycles. The van der Waals surface area contributed by atoms with Crippen molar-refractivity contribution < 1.29 is 23.1 Å². The molecular weight excluding hydrogens is 371 g/mol. The Balaban J connectivity index is 1.46. The number of benzene rings is 1. The first-order valence-electron chi connectivity index (χ1n) is 8.22. The molecule has 6 nitrogen and oxygen atoms in total. The van der Waals surface area contributed by atoms with Crippen molar-refractivity contribution in [3.8, 4) is 10.8 Å². The van der Waals surface area contributed by atoms with E-state index in [1.165, 1.54) is 29.7 Å². The summed E-state index contributed by atoms with van der Waals surface area (Å²) >= 11 is 1.31. The molecule has 0 aliphatic heterocycles. The monoisotopic (exact) mass is 388 g/mol. The first-order chi connectivity index (χ1) is 13.0.